The van der Waals surface area contributed by atoms with Crippen molar-refractivity contribution in [3.05, 3.63) is 42.9 Å². The summed E-state index contributed by atoms with van der Waals surface area (Å²) >= 11 is 1.46. The molecule has 0 spiro atoms. The zero-order valence-electron chi connectivity index (χ0n) is 14.0. The number of hydrogen-bond donors (Lipinski definition) is 1. The maximum atomic E-state index is 12.1. The highest BCUT2D eigenvalue weighted by molar-refractivity contribution is 7.19. The molecule has 0 fully saturated rings. The fourth-order valence-electron chi connectivity index (χ4n) is 2.41. The van der Waals surface area contributed by atoms with E-state index in [1.165, 1.54) is 11.3 Å². The number of nitrogens with zero attached hydrogens (tertiary/aromatic N) is 3. The number of hydrogen-bond acceptors (Lipinski definition) is 4. The summed E-state index contributed by atoms with van der Waals surface area (Å²) < 4.78 is 1.90. The molecule has 2 aromatic heterocycles. The van der Waals surface area contributed by atoms with Gasteiger partial charge in [-0.1, -0.05) is 55.5 Å². The van der Waals surface area contributed by atoms with Crippen LogP contribution in [0.15, 0.2) is 42.9 Å². The Hall–Kier alpha value is -2.47. The van der Waals surface area contributed by atoms with Crippen LogP contribution in [0.2, 0.25) is 0 Å². The molecule has 1 aromatic carbocycles. The van der Waals surface area contributed by atoms with Gasteiger partial charge in [-0.05, 0) is 5.92 Å². The topological polar surface area (TPSA) is 59.8 Å². The van der Waals surface area contributed by atoms with Gasteiger partial charge in [0.05, 0.1) is 16.9 Å². The smallest absolute Gasteiger partial charge is 0.226 e. The van der Waals surface area contributed by atoms with E-state index in [0.29, 0.717) is 17.5 Å². The third-order valence-corrected chi connectivity index (χ3v) is 4.45. The van der Waals surface area contributed by atoms with E-state index in [1.54, 1.807) is 6.33 Å². The van der Waals surface area contributed by atoms with Gasteiger partial charge in [-0.25, -0.2) is 9.97 Å². The molecule has 24 heavy (non-hydrogen) atoms. The van der Waals surface area contributed by atoms with Gasteiger partial charge in [-0.2, -0.15) is 0 Å². The van der Waals surface area contributed by atoms with E-state index in [0.717, 1.165) is 21.8 Å². The highest BCUT2D eigenvalue weighted by Gasteiger charge is 2.18. The number of amides is 1. The van der Waals surface area contributed by atoms with Gasteiger partial charge in [0.2, 0.25) is 5.91 Å². The molecule has 0 aliphatic rings. The average Bonchev–Trinajstić information content (AvgIpc) is 3.13. The molecule has 0 atom stereocenters. The van der Waals surface area contributed by atoms with Crippen molar-refractivity contribution < 1.29 is 4.79 Å². The number of benzene rings is 1. The third-order valence-electron chi connectivity index (χ3n) is 3.45. The third kappa shape index (κ3) is 3.71. The van der Waals surface area contributed by atoms with Crippen LogP contribution in [0, 0.1) is 5.92 Å². The molecule has 1 N–H and O–H groups in total. The molecule has 0 bridgehead atoms. The van der Waals surface area contributed by atoms with Crippen molar-refractivity contribution in [2.45, 2.75) is 20.3 Å². The molecule has 1 amide bonds. The van der Waals surface area contributed by atoms with Crippen LogP contribution in [0.4, 0.5) is 5.13 Å². The van der Waals surface area contributed by atoms with Gasteiger partial charge in [0, 0.05) is 25.2 Å². The number of aryl methyl sites for hydroxylation is 1. The van der Waals surface area contributed by atoms with Gasteiger partial charge in [-0.15, -0.1) is 0 Å². The van der Waals surface area contributed by atoms with Crippen LogP contribution in [0.25, 0.3) is 21.8 Å². The summed E-state index contributed by atoms with van der Waals surface area (Å²) in [5.41, 5.74) is 2.72. The Morgan fingerprint density at radius 3 is 2.67 bits per heavy atom. The molecule has 0 saturated carbocycles. The predicted octanol–water partition coefficient (Wildman–Crippen LogP) is 4.20. The van der Waals surface area contributed by atoms with Gasteiger partial charge < -0.3 is 9.88 Å². The fraction of sp³-hybridized carbons (Fsp3) is 0.278. The van der Waals surface area contributed by atoms with Crippen LogP contribution < -0.4 is 5.32 Å². The van der Waals surface area contributed by atoms with E-state index in [9.17, 15) is 4.79 Å². The molecule has 0 radical (unpaired) electrons. The Kier molecular flexibility index (Phi) is 4.76. The highest BCUT2D eigenvalue weighted by atomic mass is 32.1. The molecule has 3 aromatic rings. The molecule has 0 saturated heterocycles. The van der Waals surface area contributed by atoms with E-state index >= 15 is 0 Å². The first-order valence-corrected chi connectivity index (χ1v) is 8.69. The highest BCUT2D eigenvalue weighted by Crippen LogP contribution is 2.38. The van der Waals surface area contributed by atoms with Crippen LogP contribution in [0.3, 0.4) is 0 Å². The van der Waals surface area contributed by atoms with Crippen molar-refractivity contribution in [3.8, 4) is 21.8 Å². The minimum Gasteiger partial charge on any atom is -0.340 e. The Labute approximate surface area is 145 Å². The molecule has 2 heterocycles. The minimum absolute atomic E-state index is 0.00840. The van der Waals surface area contributed by atoms with Crippen LogP contribution in [0.5, 0.6) is 0 Å². The first-order valence-electron chi connectivity index (χ1n) is 7.87. The number of anilines is 1. The van der Waals surface area contributed by atoms with E-state index in [1.807, 2.05) is 62.0 Å². The number of nitrogens with one attached hydrogen (secondary N) is 1. The second-order valence-corrected chi connectivity index (χ2v) is 7.13. The zero-order valence-corrected chi connectivity index (χ0v) is 14.8. The van der Waals surface area contributed by atoms with Crippen molar-refractivity contribution in [3.63, 3.8) is 0 Å². The normalized spacial score (nSPS) is 11.0. The lowest BCUT2D eigenvalue weighted by atomic mass is 10.1. The molecular weight excluding hydrogens is 320 g/mol. The van der Waals surface area contributed by atoms with Crippen molar-refractivity contribution >= 4 is 22.4 Å². The van der Waals surface area contributed by atoms with Crippen molar-refractivity contribution in [1.29, 1.82) is 0 Å². The summed E-state index contributed by atoms with van der Waals surface area (Å²) in [5.74, 6) is 0.305. The number of imidazole rings is 1. The summed E-state index contributed by atoms with van der Waals surface area (Å²) in [4.78, 5) is 22.1. The average molecular weight is 340 g/mol. The number of thiazole rings is 1. The largest absolute Gasteiger partial charge is 0.340 e. The second kappa shape index (κ2) is 6.97. The summed E-state index contributed by atoms with van der Waals surface area (Å²) in [6.07, 6.45) is 4.21. The number of rotatable bonds is 5. The van der Waals surface area contributed by atoms with Crippen LogP contribution in [-0.4, -0.2) is 20.4 Å². The maximum absolute atomic E-state index is 12.1. The lowest BCUT2D eigenvalue weighted by Crippen LogP contribution is -2.13. The molecule has 5 nitrogen and oxygen atoms in total. The molecule has 0 aliphatic heterocycles. The first kappa shape index (κ1) is 16.4. The van der Waals surface area contributed by atoms with Crippen LogP contribution in [0.1, 0.15) is 20.3 Å². The van der Waals surface area contributed by atoms with Crippen molar-refractivity contribution in [1.82, 2.24) is 14.5 Å². The quantitative estimate of drug-likeness (QED) is 0.757. The Morgan fingerprint density at radius 2 is 2.04 bits per heavy atom. The maximum Gasteiger partial charge on any atom is 0.226 e. The Bertz CT molecular complexity index is 836. The standard InChI is InChI=1S/C18H20N4OS/c1-12(2)9-15(23)20-18-21-16(13-7-5-4-6-8-13)17(24-18)14-10-22(3)11-19-14/h4-8,10-12H,9H2,1-3H3,(H,20,21,23). The van der Waals surface area contributed by atoms with E-state index in [2.05, 4.69) is 15.3 Å². The van der Waals surface area contributed by atoms with Gasteiger partial charge in [-0.3, -0.25) is 4.79 Å². The number of aromatic nitrogens is 3. The molecule has 0 unspecified atom stereocenters. The van der Waals surface area contributed by atoms with Crippen LogP contribution in [-0.2, 0) is 11.8 Å². The van der Waals surface area contributed by atoms with Gasteiger partial charge in [0.1, 0.15) is 5.69 Å². The fourth-order valence-corrected chi connectivity index (χ4v) is 3.38. The molecule has 3 rings (SSSR count). The SMILES string of the molecule is CC(C)CC(=O)Nc1nc(-c2ccccc2)c(-c2cn(C)cn2)s1. The molecule has 0 aliphatic carbocycles. The summed E-state index contributed by atoms with van der Waals surface area (Å²) in [6, 6.07) is 9.96. The van der Waals surface area contributed by atoms with E-state index in [-0.39, 0.29) is 5.91 Å². The second-order valence-electron chi connectivity index (χ2n) is 6.13. The monoisotopic (exact) mass is 340 g/mol. The van der Waals surface area contributed by atoms with Crippen LogP contribution >= 0.6 is 11.3 Å². The molecular formula is C18H20N4OS. The van der Waals surface area contributed by atoms with E-state index < -0.39 is 0 Å². The first-order chi connectivity index (χ1) is 11.5. The lowest BCUT2D eigenvalue weighted by Gasteiger charge is -2.03. The summed E-state index contributed by atoms with van der Waals surface area (Å²) in [7, 11) is 1.94. The molecule has 124 valence electrons. The van der Waals surface area contributed by atoms with Crippen molar-refractivity contribution in [2.75, 3.05) is 5.32 Å². The Balaban J connectivity index is 1.98. The zero-order chi connectivity index (χ0) is 17.1. The van der Waals surface area contributed by atoms with Crippen molar-refractivity contribution in [2.24, 2.45) is 13.0 Å². The van der Waals surface area contributed by atoms with Gasteiger partial charge >= 0.3 is 0 Å². The summed E-state index contributed by atoms with van der Waals surface area (Å²) in [6.45, 7) is 4.05. The lowest BCUT2D eigenvalue weighted by molar-refractivity contribution is -0.116. The minimum atomic E-state index is -0.00840. The number of carbonyl (C=O) groups excluding carboxylic acids is 1. The summed E-state index contributed by atoms with van der Waals surface area (Å²) in [5, 5.41) is 3.53. The number of carbonyl (C=O) groups is 1. The van der Waals surface area contributed by atoms with Gasteiger partial charge in [0.15, 0.2) is 5.13 Å². The predicted molar refractivity (Wildman–Crippen MR) is 97.8 cm³/mol. The Morgan fingerprint density at radius 1 is 1.29 bits per heavy atom. The molecule has 6 heteroatoms. The van der Waals surface area contributed by atoms with E-state index in [4.69, 9.17) is 0 Å². The van der Waals surface area contributed by atoms with Gasteiger partial charge in [0.25, 0.3) is 0 Å².